The number of nitro groups is 1. The Kier molecular flexibility index (Phi) is 6.08. The highest BCUT2D eigenvalue weighted by atomic mass is 16.6. The maximum Gasteiger partial charge on any atom is 0.275 e. The SMILES string of the molecule is CCCN(CCO)c1cc(OCC)cc([N+](=O)[O-])c1. The van der Waals surface area contributed by atoms with Crippen LogP contribution < -0.4 is 9.64 Å². The molecular weight excluding hydrogens is 248 g/mol. The third-order valence-electron chi connectivity index (χ3n) is 2.63. The Labute approximate surface area is 112 Å². The van der Waals surface area contributed by atoms with E-state index in [9.17, 15) is 10.1 Å². The average molecular weight is 268 g/mol. The molecule has 0 unspecified atom stereocenters. The van der Waals surface area contributed by atoms with Gasteiger partial charge in [0, 0.05) is 30.9 Å². The molecule has 0 amide bonds. The predicted octanol–water partition coefficient (Wildman–Crippen LogP) is 2.20. The van der Waals surface area contributed by atoms with Gasteiger partial charge in [-0.05, 0) is 13.3 Å². The highest BCUT2D eigenvalue weighted by Crippen LogP contribution is 2.28. The van der Waals surface area contributed by atoms with E-state index in [1.165, 1.54) is 12.1 Å². The van der Waals surface area contributed by atoms with Crippen LogP contribution in [0.1, 0.15) is 20.3 Å². The topological polar surface area (TPSA) is 75.8 Å². The molecule has 0 aromatic heterocycles. The Bertz CT molecular complexity index is 417. The van der Waals surface area contributed by atoms with Crippen LogP contribution in [0.15, 0.2) is 18.2 Å². The Morgan fingerprint density at radius 2 is 2.05 bits per heavy atom. The number of hydrogen-bond donors (Lipinski definition) is 1. The van der Waals surface area contributed by atoms with Gasteiger partial charge in [0.1, 0.15) is 5.75 Å². The normalized spacial score (nSPS) is 10.3. The summed E-state index contributed by atoms with van der Waals surface area (Å²) in [6.45, 7) is 5.48. The molecule has 0 fully saturated rings. The van der Waals surface area contributed by atoms with Gasteiger partial charge < -0.3 is 14.7 Å². The maximum atomic E-state index is 10.9. The zero-order chi connectivity index (χ0) is 14.3. The van der Waals surface area contributed by atoms with Crippen LogP contribution in [0.25, 0.3) is 0 Å². The molecule has 1 aromatic carbocycles. The standard InChI is InChI=1S/C13H20N2O4/c1-3-5-14(6-7-16)11-8-12(15(17)18)10-13(9-11)19-4-2/h8-10,16H,3-7H2,1-2H3. The number of non-ortho nitro benzene ring substituents is 1. The molecule has 19 heavy (non-hydrogen) atoms. The molecule has 0 heterocycles. The number of aliphatic hydroxyl groups excluding tert-OH is 1. The predicted molar refractivity (Wildman–Crippen MR) is 73.9 cm³/mol. The summed E-state index contributed by atoms with van der Waals surface area (Å²) in [5, 5.41) is 20.0. The van der Waals surface area contributed by atoms with Crippen LogP contribution in [0.3, 0.4) is 0 Å². The number of benzene rings is 1. The van der Waals surface area contributed by atoms with Crippen molar-refractivity contribution >= 4 is 11.4 Å². The molecule has 0 atom stereocenters. The molecule has 0 spiro atoms. The summed E-state index contributed by atoms with van der Waals surface area (Å²) in [4.78, 5) is 12.4. The van der Waals surface area contributed by atoms with Gasteiger partial charge in [0.2, 0.25) is 0 Å². The molecule has 0 aliphatic heterocycles. The quantitative estimate of drug-likeness (QED) is 0.578. The Morgan fingerprint density at radius 3 is 2.58 bits per heavy atom. The smallest absolute Gasteiger partial charge is 0.275 e. The second-order valence-electron chi connectivity index (χ2n) is 4.09. The van der Waals surface area contributed by atoms with Crippen molar-refractivity contribution in [2.24, 2.45) is 0 Å². The summed E-state index contributed by atoms with van der Waals surface area (Å²) in [6.07, 6.45) is 0.895. The monoisotopic (exact) mass is 268 g/mol. The van der Waals surface area contributed by atoms with Crippen LogP contribution in [0.4, 0.5) is 11.4 Å². The zero-order valence-electron chi connectivity index (χ0n) is 11.3. The van der Waals surface area contributed by atoms with E-state index in [-0.39, 0.29) is 12.3 Å². The van der Waals surface area contributed by atoms with Crippen molar-refractivity contribution in [1.82, 2.24) is 0 Å². The van der Waals surface area contributed by atoms with E-state index in [1.807, 2.05) is 18.7 Å². The first-order valence-corrected chi connectivity index (χ1v) is 6.40. The van der Waals surface area contributed by atoms with Crippen LogP contribution in [0.2, 0.25) is 0 Å². The summed E-state index contributed by atoms with van der Waals surface area (Å²) in [5.41, 5.74) is 0.702. The summed E-state index contributed by atoms with van der Waals surface area (Å²) in [6, 6.07) is 4.69. The van der Waals surface area contributed by atoms with Crippen LogP contribution in [-0.4, -0.2) is 36.3 Å². The average Bonchev–Trinajstić information content (AvgIpc) is 2.38. The third-order valence-corrected chi connectivity index (χ3v) is 2.63. The summed E-state index contributed by atoms with van der Waals surface area (Å²) >= 11 is 0. The molecule has 0 saturated carbocycles. The number of anilines is 1. The minimum atomic E-state index is -0.435. The molecule has 0 aliphatic carbocycles. The van der Waals surface area contributed by atoms with Gasteiger partial charge in [0.05, 0.1) is 24.2 Å². The molecule has 106 valence electrons. The van der Waals surface area contributed by atoms with Crippen LogP contribution in [0.5, 0.6) is 5.75 Å². The summed E-state index contributed by atoms with van der Waals surface area (Å²) in [7, 11) is 0. The van der Waals surface area contributed by atoms with E-state index in [4.69, 9.17) is 9.84 Å². The van der Waals surface area contributed by atoms with Crippen molar-refractivity contribution < 1.29 is 14.8 Å². The zero-order valence-corrected chi connectivity index (χ0v) is 11.3. The third kappa shape index (κ3) is 4.40. The fourth-order valence-electron chi connectivity index (χ4n) is 1.87. The largest absolute Gasteiger partial charge is 0.494 e. The first-order valence-electron chi connectivity index (χ1n) is 6.40. The molecule has 0 aliphatic rings. The summed E-state index contributed by atoms with van der Waals surface area (Å²) in [5.74, 6) is 0.478. The lowest BCUT2D eigenvalue weighted by Gasteiger charge is -2.23. The number of aliphatic hydroxyl groups is 1. The molecule has 0 radical (unpaired) electrons. The van der Waals surface area contributed by atoms with Gasteiger partial charge in [-0.15, -0.1) is 0 Å². The van der Waals surface area contributed by atoms with Crippen LogP contribution >= 0.6 is 0 Å². The maximum absolute atomic E-state index is 10.9. The fraction of sp³-hybridized carbons (Fsp3) is 0.538. The van der Waals surface area contributed by atoms with E-state index >= 15 is 0 Å². The molecular formula is C13H20N2O4. The van der Waals surface area contributed by atoms with Crippen LogP contribution in [-0.2, 0) is 0 Å². The molecule has 6 nitrogen and oxygen atoms in total. The molecule has 0 bridgehead atoms. The number of ether oxygens (including phenoxy) is 1. The van der Waals surface area contributed by atoms with E-state index in [0.29, 0.717) is 24.6 Å². The van der Waals surface area contributed by atoms with Gasteiger partial charge in [0.15, 0.2) is 0 Å². The van der Waals surface area contributed by atoms with Gasteiger partial charge >= 0.3 is 0 Å². The van der Waals surface area contributed by atoms with Gasteiger partial charge in [-0.3, -0.25) is 10.1 Å². The molecule has 1 aromatic rings. The van der Waals surface area contributed by atoms with E-state index in [0.717, 1.165) is 13.0 Å². The van der Waals surface area contributed by atoms with Crippen molar-refractivity contribution in [2.45, 2.75) is 20.3 Å². The van der Waals surface area contributed by atoms with Gasteiger partial charge in [-0.25, -0.2) is 0 Å². The number of rotatable bonds is 8. The fourth-order valence-corrected chi connectivity index (χ4v) is 1.87. The van der Waals surface area contributed by atoms with Crippen molar-refractivity contribution in [1.29, 1.82) is 0 Å². The Balaban J connectivity index is 3.11. The van der Waals surface area contributed by atoms with E-state index in [2.05, 4.69) is 0 Å². The minimum Gasteiger partial charge on any atom is -0.494 e. The number of nitrogens with zero attached hydrogens (tertiary/aromatic N) is 2. The molecule has 1 N–H and O–H groups in total. The van der Waals surface area contributed by atoms with Gasteiger partial charge in [-0.2, -0.15) is 0 Å². The Hall–Kier alpha value is -1.82. The van der Waals surface area contributed by atoms with Crippen molar-refractivity contribution in [2.75, 3.05) is 31.2 Å². The van der Waals surface area contributed by atoms with Crippen molar-refractivity contribution in [3.63, 3.8) is 0 Å². The first kappa shape index (κ1) is 15.2. The molecule has 1 rings (SSSR count). The second kappa shape index (κ2) is 7.58. The lowest BCUT2D eigenvalue weighted by molar-refractivity contribution is -0.384. The Morgan fingerprint density at radius 1 is 1.32 bits per heavy atom. The molecule has 6 heteroatoms. The first-order chi connectivity index (χ1) is 9.12. The molecule has 0 saturated heterocycles. The van der Waals surface area contributed by atoms with Gasteiger partial charge in [0.25, 0.3) is 5.69 Å². The number of hydrogen-bond acceptors (Lipinski definition) is 5. The minimum absolute atomic E-state index is 0.00000661. The lowest BCUT2D eigenvalue weighted by Crippen LogP contribution is -2.27. The highest BCUT2D eigenvalue weighted by molar-refractivity contribution is 5.58. The van der Waals surface area contributed by atoms with E-state index in [1.54, 1.807) is 6.07 Å². The second-order valence-corrected chi connectivity index (χ2v) is 4.09. The lowest BCUT2D eigenvalue weighted by atomic mass is 10.2. The van der Waals surface area contributed by atoms with Crippen molar-refractivity contribution in [3.05, 3.63) is 28.3 Å². The van der Waals surface area contributed by atoms with Crippen LogP contribution in [0, 0.1) is 10.1 Å². The van der Waals surface area contributed by atoms with Crippen molar-refractivity contribution in [3.8, 4) is 5.75 Å². The van der Waals surface area contributed by atoms with E-state index < -0.39 is 4.92 Å². The number of nitro benzene ring substituents is 1. The highest BCUT2D eigenvalue weighted by Gasteiger charge is 2.14. The van der Waals surface area contributed by atoms with Gasteiger partial charge in [-0.1, -0.05) is 6.92 Å². The summed E-state index contributed by atoms with van der Waals surface area (Å²) < 4.78 is 5.35.